The zero-order valence-corrected chi connectivity index (χ0v) is 10.1. The predicted molar refractivity (Wildman–Crippen MR) is 64.1 cm³/mol. The molecule has 0 spiro atoms. The van der Waals surface area contributed by atoms with E-state index >= 15 is 0 Å². The second-order valence-electron chi connectivity index (χ2n) is 4.71. The molecule has 0 amide bonds. The normalized spacial score (nSPS) is 16.9. The maximum atomic E-state index is 10.8. The first-order valence-corrected chi connectivity index (χ1v) is 5.90. The molecule has 1 aromatic carbocycles. The Balaban J connectivity index is 1.83. The van der Waals surface area contributed by atoms with Crippen LogP contribution in [0.3, 0.4) is 0 Å². The number of benzene rings is 1. The van der Waals surface area contributed by atoms with Crippen molar-refractivity contribution in [2.75, 3.05) is 6.61 Å². The van der Waals surface area contributed by atoms with Gasteiger partial charge in [0, 0.05) is 5.56 Å². The maximum absolute atomic E-state index is 10.8. The summed E-state index contributed by atoms with van der Waals surface area (Å²) >= 11 is 5.35. The molecule has 0 aromatic heterocycles. The SMILES string of the molecule is CC1(CCOc2ccc(C(=O)Cl)cc2)CC1. The van der Waals surface area contributed by atoms with Crippen LogP contribution in [0.1, 0.15) is 36.5 Å². The van der Waals surface area contributed by atoms with Crippen molar-refractivity contribution in [3.8, 4) is 5.75 Å². The third-order valence-electron chi connectivity index (χ3n) is 3.16. The molecule has 1 aliphatic carbocycles. The minimum atomic E-state index is -0.433. The molecule has 0 atom stereocenters. The van der Waals surface area contributed by atoms with Gasteiger partial charge in [0.05, 0.1) is 6.61 Å². The van der Waals surface area contributed by atoms with Crippen LogP contribution in [-0.4, -0.2) is 11.8 Å². The Labute approximate surface area is 101 Å². The highest BCUT2D eigenvalue weighted by molar-refractivity contribution is 6.67. The van der Waals surface area contributed by atoms with Gasteiger partial charge in [0.25, 0.3) is 5.24 Å². The largest absolute Gasteiger partial charge is 0.494 e. The predicted octanol–water partition coefficient (Wildman–Crippen LogP) is 3.63. The molecule has 1 aromatic rings. The molecular weight excluding hydrogens is 224 g/mol. The number of hydrogen-bond acceptors (Lipinski definition) is 2. The lowest BCUT2D eigenvalue weighted by atomic mass is 10.1. The van der Waals surface area contributed by atoms with E-state index in [1.165, 1.54) is 12.8 Å². The topological polar surface area (TPSA) is 26.3 Å². The fourth-order valence-electron chi connectivity index (χ4n) is 1.56. The number of halogens is 1. The molecule has 0 unspecified atom stereocenters. The second kappa shape index (κ2) is 4.46. The van der Waals surface area contributed by atoms with Crippen LogP contribution in [-0.2, 0) is 0 Å². The third kappa shape index (κ3) is 2.99. The van der Waals surface area contributed by atoms with E-state index in [0.29, 0.717) is 11.0 Å². The Morgan fingerprint density at radius 2 is 2.00 bits per heavy atom. The lowest BCUT2D eigenvalue weighted by Gasteiger charge is -2.09. The van der Waals surface area contributed by atoms with Gasteiger partial charge in [-0.15, -0.1) is 0 Å². The van der Waals surface area contributed by atoms with Crippen LogP contribution in [0.2, 0.25) is 0 Å². The molecule has 2 nitrogen and oxygen atoms in total. The van der Waals surface area contributed by atoms with E-state index < -0.39 is 5.24 Å². The number of carbonyl (C=O) groups excluding carboxylic acids is 1. The summed E-state index contributed by atoms with van der Waals surface area (Å²) in [6.07, 6.45) is 3.73. The van der Waals surface area contributed by atoms with Gasteiger partial charge >= 0.3 is 0 Å². The molecule has 86 valence electrons. The molecule has 0 saturated heterocycles. The van der Waals surface area contributed by atoms with Crippen molar-refractivity contribution in [3.05, 3.63) is 29.8 Å². The van der Waals surface area contributed by atoms with E-state index in [2.05, 4.69) is 6.92 Å². The Morgan fingerprint density at radius 1 is 1.38 bits per heavy atom. The van der Waals surface area contributed by atoms with Gasteiger partial charge in [-0.05, 0) is 60.5 Å². The van der Waals surface area contributed by atoms with E-state index in [1.54, 1.807) is 24.3 Å². The zero-order chi connectivity index (χ0) is 11.6. The Bertz CT molecular complexity index is 379. The van der Waals surface area contributed by atoms with E-state index in [9.17, 15) is 4.79 Å². The third-order valence-corrected chi connectivity index (χ3v) is 3.38. The zero-order valence-electron chi connectivity index (χ0n) is 9.33. The fraction of sp³-hybridized carbons (Fsp3) is 0.462. The summed E-state index contributed by atoms with van der Waals surface area (Å²) in [6.45, 7) is 3.02. The van der Waals surface area contributed by atoms with Crippen molar-refractivity contribution in [3.63, 3.8) is 0 Å². The number of rotatable bonds is 5. The van der Waals surface area contributed by atoms with Gasteiger partial charge in [-0.25, -0.2) is 0 Å². The highest BCUT2D eigenvalue weighted by Gasteiger charge is 2.36. The summed E-state index contributed by atoms with van der Waals surface area (Å²) < 4.78 is 5.60. The molecule has 0 aliphatic heterocycles. The summed E-state index contributed by atoms with van der Waals surface area (Å²) in [5.74, 6) is 0.797. The number of ether oxygens (including phenoxy) is 1. The molecule has 16 heavy (non-hydrogen) atoms. The van der Waals surface area contributed by atoms with Crippen molar-refractivity contribution in [1.82, 2.24) is 0 Å². The van der Waals surface area contributed by atoms with Crippen molar-refractivity contribution in [1.29, 1.82) is 0 Å². The first-order valence-electron chi connectivity index (χ1n) is 5.52. The van der Waals surface area contributed by atoms with E-state index in [4.69, 9.17) is 16.3 Å². The molecular formula is C13H15ClO2. The second-order valence-corrected chi connectivity index (χ2v) is 5.05. The van der Waals surface area contributed by atoms with Crippen LogP contribution in [0, 0.1) is 5.41 Å². The average molecular weight is 239 g/mol. The van der Waals surface area contributed by atoms with Gasteiger partial charge in [-0.2, -0.15) is 0 Å². The molecule has 1 saturated carbocycles. The number of carbonyl (C=O) groups is 1. The Morgan fingerprint density at radius 3 is 2.50 bits per heavy atom. The summed E-state index contributed by atoms with van der Waals surface area (Å²) in [5, 5.41) is -0.433. The van der Waals surface area contributed by atoms with Crippen LogP contribution < -0.4 is 4.74 Å². The summed E-state index contributed by atoms with van der Waals surface area (Å²) in [7, 11) is 0. The molecule has 3 heteroatoms. The summed E-state index contributed by atoms with van der Waals surface area (Å²) in [5.41, 5.74) is 1.02. The van der Waals surface area contributed by atoms with Gasteiger partial charge in [0.15, 0.2) is 0 Å². The maximum Gasteiger partial charge on any atom is 0.252 e. The first kappa shape index (κ1) is 11.5. The molecule has 0 N–H and O–H groups in total. The minimum Gasteiger partial charge on any atom is -0.494 e. The van der Waals surface area contributed by atoms with Crippen LogP contribution in [0.25, 0.3) is 0 Å². The molecule has 0 heterocycles. The molecule has 2 rings (SSSR count). The van der Waals surface area contributed by atoms with Crippen molar-refractivity contribution in [2.45, 2.75) is 26.2 Å². The van der Waals surface area contributed by atoms with Gasteiger partial charge in [-0.1, -0.05) is 6.92 Å². The van der Waals surface area contributed by atoms with Crippen LogP contribution in [0.4, 0.5) is 0 Å². The lowest BCUT2D eigenvalue weighted by Crippen LogP contribution is -2.04. The average Bonchev–Trinajstić information content (AvgIpc) is 2.97. The quantitative estimate of drug-likeness (QED) is 0.733. The van der Waals surface area contributed by atoms with E-state index in [0.717, 1.165) is 18.8 Å². The minimum absolute atomic E-state index is 0.433. The fourth-order valence-corrected chi connectivity index (χ4v) is 1.69. The van der Waals surface area contributed by atoms with Crippen LogP contribution >= 0.6 is 11.6 Å². The molecule has 0 bridgehead atoms. The van der Waals surface area contributed by atoms with Crippen molar-refractivity contribution < 1.29 is 9.53 Å². The van der Waals surface area contributed by atoms with Gasteiger partial charge in [0.2, 0.25) is 0 Å². The van der Waals surface area contributed by atoms with Crippen LogP contribution in [0.5, 0.6) is 5.75 Å². The summed E-state index contributed by atoms with van der Waals surface area (Å²) in [6, 6.07) is 6.93. The molecule has 1 fully saturated rings. The number of hydrogen-bond donors (Lipinski definition) is 0. The van der Waals surface area contributed by atoms with E-state index in [1.807, 2.05) is 0 Å². The monoisotopic (exact) mass is 238 g/mol. The Kier molecular flexibility index (Phi) is 3.20. The van der Waals surface area contributed by atoms with Crippen LogP contribution in [0.15, 0.2) is 24.3 Å². The smallest absolute Gasteiger partial charge is 0.252 e. The van der Waals surface area contributed by atoms with Crippen molar-refractivity contribution >= 4 is 16.8 Å². The van der Waals surface area contributed by atoms with Gasteiger partial charge < -0.3 is 4.74 Å². The lowest BCUT2D eigenvalue weighted by molar-refractivity contribution is 0.108. The highest BCUT2D eigenvalue weighted by Crippen LogP contribution is 2.47. The molecule has 0 radical (unpaired) electrons. The summed E-state index contributed by atoms with van der Waals surface area (Å²) in [4.78, 5) is 10.8. The Hall–Kier alpha value is -1.02. The van der Waals surface area contributed by atoms with E-state index in [-0.39, 0.29) is 0 Å². The van der Waals surface area contributed by atoms with Gasteiger partial charge in [-0.3, -0.25) is 4.79 Å². The highest BCUT2D eigenvalue weighted by atomic mass is 35.5. The van der Waals surface area contributed by atoms with Gasteiger partial charge in [0.1, 0.15) is 5.75 Å². The molecule has 1 aliphatic rings. The first-order chi connectivity index (χ1) is 7.59. The van der Waals surface area contributed by atoms with Crippen molar-refractivity contribution in [2.24, 2.45) is 5.41 Å². The standard InChI is InChI=1S/C13H15ClO2/c1-13(6-7-13)8-9-16-11-4-2-10(3-5-11)12(14)15/h2-5H,6-9H2,1H3.